The first-order valence-electron chi connectivity index (χ1n) is 4.39. The Labute approximate surface area is 75.3 Å². The van der Waals surface area contributed by atoms with E-state index in [0.29, 0.717) is 0 Å². The van der Waals surface area contributed by atoms with Crippen molar-refractivity contribution < 1.29 is 18.0 Å². The van der Waals surface area contributed by atoms with E-state index >= 15 is 0 Å². The second-order valence-corrected chi connectivity index (χ2v) is 3.85. The van der Waals surface area contributed by atoms with Gasteiger partial charge in [0.1, 0.15) is 5.78 Å². The predicted octanol–water partition coefficient (Wildman–Crippen LogP) is 2.94. The molecule has 0 bridgehead atoms. The molecule has 0 spiro atoms. The molecule has 4 heteroatoms. The summed E-state index contributed by atoms with van der Waals surface area (Å²) >= 11 is 0. The van der Waals surface area contributed by atoms with E-state index in [9.17, 15) is 18.0 Å². The van der Waals surface area contributed by atoms with Gasteiger partial charge in [-0.05, 0) is 26.2 Å². The largest absolute Gasteiger partial charge is 0.394 e. The molecule has 0 amide bonds. The van der Waals surface area contributed by atoms with Crippen LogP contribution in [-0.4, -0.2) is 12.0 Å². The van der Waals surface area contributed by atoms with Crippen molar-refractivity contribution >= 4 is 5.78 Å². The molecule has 0 aromatic heterocycles. The first-order chi connectivity index (χ1) is 5.82. The van der Waals surface area contributed by atoms with E-state index in [0.717, 1.165) is 0 Å². The van der Waals surface area contributed by atoms with E-state index in [1.54, 1.807) is 0 Å². The highest BCUT2D eigenvalue weighted by atomic mass is 19.4. The molecule has 13 heavy (non-hydrogen) atoms. The highest BCUT2D eigenvalue weighted by Crippen LogP contribution is 2.58. The van der Waals surface area contributed by atoms with Gasteiger partial charge in [0.15, 0.2) is 0 Å². The van der Waals surface area contributed by atoms with Crippen LogP contribution >= 0.6 is 0 Å². The molecule has 0 unspecified atom stereocenters. The number of alkyl halides is 3. The number of hydrogen-bond acceptors (Lipinski definition) is 1. The summed E-state index contributed by atoms with van der Waals surface area (Å²) in [5.74, 6) is -0.477. The van der Waals surface area contributed by atoms with E-state index in [1.807, 2.05) is 0 Å². The molecule has 0 saturated heterocycles. The Kier molecular flexibility index (Phi) is 2.43. The molecule has 0 heterocycles. The molecule has 0 aromatic carbocycles. The van der Waals surface area contributed by atoms with Crippen molar-refractivity contribution in [1.29, 1.82) is 0 Å². The number of hydrogen-bond donors (Lipinski definition) is 0. The molecule has 1 fully saturated rings. The van der Waals surface area contributed by atoms with Crippen LogP contribution in [-0.2, 0) is 4.79 Å². The average Bonchev–Trinajstić information content (AvgIpc) is 1.81. The fraction of sp³-hybridized carbons (Fsp3) is 0.889. The fourth-order valence-corrected chi connectivity index (χ4v) is 1.89. The average molecular weight is 194 g/mol. The summed E-state index contributed by atoms with van der Waals surface area (Å²) < 4.78 is 37.4. The molecule has 0 atom stereocenters. The zero-order valence-corrected chi connectivity index (χ0v) is 7.74. The lowest BCUT2D eigenvalue weighted by molar-refractivity contribution is -0.262. The Bertz CT molecular complexity index is 213. The van der Waals surface area contributed by atoms with Gasteiger partial charge in [0.05, 0.1) is 5.41 Å². The van der Waals surface area contributed by atoms with E-state index in [4.69, 9.17) is 0 Å². The third kappa shape index (κ3) is 1.58. The van der Waals surface area contributed by atoms with Crippen molar-refractivity contribution in [1.82, 2.24) is 0 Å². The lowest BCUT2D eigenvalue weighted by Gasteiger charge is -2.47. The Morgan fingerprint density at radius 1 is 1.46 bits per heavy atom. The molecular formula is C9H13F3O. The standard InChI is InChI=1S/C9H13F3O/c1-3-8(9(10,11)12)4-7(5-8)6(2)13/h7H,3-5H2,1-2H3. The lowest BCUT2D eigenvalue weighted by Crippen LogP contribution is -2.50. The number of carbonyl (C=O) groups is 1. The predicted molar refractivity (Wildman–Crippen MR) is 42.2 cm³/mol. The van der Waals surface area contributed by atoms with Crippen LogP contribution in [0.15, 0.2) is 0 Å². The molecule has 1 nitrogen and oxygen atoms in total. The zero-order chi connectivity index (χ0) is 10.3. The van der Waals surface area contributed by atoms with E-state index in [1.165, 1.54) is 13.8 Å². The van der Waals surface area contributed by atoms with Gasteiger partial charge in [-0.25, -0.2) is 0 Å². The van der Waals surface area contributed by atoms with Gasteiger partial charge in [-0.1, -0.05) is 6.92 Å². The molecule has 0 aromatic rings. The first kappa shape index (κ1) is 10.5. The number of rotatable bonds is 2. The van der Waals surface area contributed by atoms with Crippen LogP contribution in [0, 0.1) is 11.3 Å². The van der Waals surface area contributed by atoms with Gasteiger partial charge in [0.25, 0.3) is 0 Å². The Balaban J connectivity index is 2.66. The lowest BCUT2D eigenvalue weighted by atomic mass is 9.59. The van der Waals surface area contributed by atoms with Crippen molar-refractivity contribution in [3.8, 4) is 0 Å². The molecule has 0 N–H and O–H groups in total. The smallest absolute Gasteiger partial charge is 0.300 e. The topological polar surface area (TPSA) is 17.1 Å². The highest BCUT2D eigenvalue weighted by molar-refractivity contribution is 5.79. The van der Waals surface area contributed by atoms with Crippen molar-refractivity contribution in [3.63, 3.8) is 0 Å². The monoisotopic (exact) mass is 194 g/mol. The van der Waals surface area contributed by atoms with Gasteiger partial charge >= 0.3 is 6.18 Å². The van der Waals surface area contributed by atoms with Gasteiger partial charge in [-0.2, -0.15) is 13.2 Å². The molecule has 1 aliphatic rings. The minimum absolute atomic E-state index is 0.0116. The fourth-order valence-electron chi connectivity index (χ4n) is 1.89. The van der Waals surface area contributed by atoms with Gasteiger partial charge in [-0.3, -0.25) is 4.79 Å². The number of carbonyl (C=O) groups excluding carboxylic acids is 1. The summed E-state index contributed by atoms with van der Waals surface area (Å²) in [6.07, 6.45) is -4.08. The quantitative estimate of drug-likeness (QED) is 0.660. The van der Waals surface area contributed by atoms with Crippen LogP contribution in [0.25, 0.3) is 0 Å². The maximum absolute atomic E-state index is 12.5. The summed E-state index contributed by atoms with van der Waals surface area (Å²) in [6, 6.07) is 0. The Hall–Kier alpha value is -0.540. The molecule has 76 valence electrons. The minimum atomic E-state index is -4.15. The van der Waals surface area contributed by atoms with E-state index in [2.05, 4.69) is 0 Å². The third-order valence-corrected chi connectivity index (χ3v) is 3.13. The van der Waals surface area contributed by atoms with Gasteiger partial charge in [0.2, 0.25) is 0 Å². The van der Waals surface area contributed by atoms with Gasteiger partial charge in [-0.15, -0.1) is 0 Å². The van der Waals surface area contributed by atoms with E-state index in [-0.39, 0.29) is 31.0 Å². The maximum atomic E-state index is 12.5. The summed E-state index contributed by atoms with van der Waals surface area (Å²) in [6.45, 7) is 2.89. The molecule has 1 aliphatic carbocycles. The summed E-state index contributed by atoms with van der Waals surface area (Å²) in [7, 11) is 0. The number of halogens is 3. The van der Waals surface area contributed by atoms with Gasteiger partial charge < -0.3 is 0 Å². The first-order valence-corrected chi connectivity index (χ1v) is 4.39. The van der Waals surface area contributed by atoms with E-state index < -0.39 is 11.6 Å². The Morgan fingerprint density at radius 2 is 1.92 bits per heavy atom. The van der Waals surface area contributed by atoms with Crippen molar-refractivity contribution in [2.75, 3.05) is 0 Å². The van der Waals surface area contributed by atoms with Crippen LogP contribution in [0.2, 0.25) is 0 Å². The van der Waals surface area contributed by atoms with Gasteiger partial charge in [0, 0.05) is 5.92 Å². The molecule has 1 saturated carbocycles. The number of ketones is 1. The van der Waals surface area contributed by atoms with Crippen LogP contribution in [0.1, 0.15) is 33.1 Å². The third-order valence-electron chi connectivity index (χ3n) is 3.13. The minimum Gasteiger partial charge on any atom is -0.300 e. The Morgan fingerprint density at radius 3 is 2.15 bits per heavy atom. The SMILES string of the molecule is CCC1(C(F)(F)F)CC(C(C)=O)C1. The van der Waals surface area contributed by atoms with Crippen LogP contribution < -0.4 is 0 Å². The number of Topliss-reactive ketones (excluding diaryl/α,β-unsaturated/α-hetero) is 1. The molecule has 0 aliphatic heterocycles. The molecule has 0 radical (unpaired) electrons. The molecule has 1 rings (SSSR count). The normalized spacial score (nSPS) is 34.1. The molecular weight excluding hydrogens is 181 g/mol. The van der Waals surface area contributed by atoms with Crippen molar-refractivity contribution in [3.05, 3.63) is 0 Å². The van der Waals surface area contributed by atoms with Crippen molar-refractivity contribution in [2.24, 2.45) is 11.3 Å². The maximum Gasteiger partial charge on any atom is 0.394 e. The van der Waals surface area contributed by atoms with Crippen LogP contribution in [0.4, 0.5) is 13.2 Å². The van der Waals surface area contributed by atoms with Crippen molar-refractivity contribution in [2.45, 2.75) is 39.3 Å². The summed E-state index contributed by atoms with van der Waals surface area (Å²) in [5, 5.41) is 0. The summed E-state index contributed by atoms with van der Waals surface area (Å²) in [5.41, 5.74) is -1.57. The zero-order valence-electron chi connectivity index (χ0n) is 7.74. The highest BCUT2D eigenvalue weighted by Gasteiger charge is 2.61. The summed E-state index contributed by atoms with van der Waals surface area (Å²) in [4.78, 5) is 10.8. The second kappa shape index (κ2) is 3.00. The van der Waals surface area contributed by atoms with Crippen LogP contribution in [0.3, 0.4) is 0 Å². The van der Waals surface area contributed by atoms with Crippen LogP contribution in [0.5, 0.6) is 0 Å². The second-order valence-electron chi connectivity index (χ2n) is 3.85.